The first-order valence-electron chi connectivity index (χ1n) is 3.58. The number of benzene rings is 1. The van der Waals surface area contributed by atoms with Crippen LogP contribution in [0.1, 0.15) is 5.56 Å². The van der Waals surface area contributed by atoms with Crippen molar-refractivity contribution >= 4 is 34.1 Å². The summed E-state index contributed by atoms with van der Waals surface area (Å²) < 4.78 is 1.14. The molecule has 0 unspecified atom stereocenters. The molecule has 1 heterocycles. The zero-order chi connectivity index (χ0) is 8.72. The van der Waals surface area contributed by atoms with Gasteiger partial charge >= 0.3 is 0 Å². The molecule has 3 heteroatoms. The van der Waals surface area contributed by atoms with Gasteiger partial charge in [-0.2, -0.15) is 0 Å². The topological polar surface area (TPSA) is 20.2 Å². The molecule has 0 spiro atoms. The molecule has 0 fully saturated rings. The van der Waals surface area contributed by atoms with Crippen molar-refractivity contribution in [1.82, 2.24) is 0 Å². The van der Waals surface area contributed by atoms with Gasteiger partial charge in [-0.1, -0.05) is 0 Å². The summed E-state index contributed by atoms with van der Waals surface area (Å²) in [6.45, 7) is 2.03. The molecule has 1 aromatic carbocycles. The summed E-state index contributed by atoms with van der Waals surface area (Å²) in [7, 11) is 0. The first-order chi connectivity index (χ1) is 5.68. The molecular weight excluding hydrogens is 188 g/mol. The molecule has 2 aromatic rings. The second-order valence-corrected chi connectivity index (χ2v) is 4.16. The van der Waals surface area contributed by atoms with Crippen LogP contribution in [0.25, 0.3) is 10.1 Å². The van der Waals surface area contributed by atoms with Gasteiger partial charge in [-0.25, -0.2) is 0 Å². The third-order valence-corrected chi connectivity index (χ3v) is 3.20. The second-order valence-electron chi connectivity index (χ2n) is 2.76. The van der Waals surface area contributed by atoms with Gasteiger partial charge in [0.15, 0.2) is 0 Å². The third-order valence-electron chi connectivity index (χ3n) is 1.82. The Kier molecular flexibility index (Phi) is 1.77. The number of hydrogen-bond donors (Lipinski definition) is 2. The van der Waals surface area contributed by atoms with E-state index in [2.05, 4.69) is 12.6 Å². The van der Waals surface area contributed by atoms with Gasteiger partial charge in [0.2, 0.25) is 0 Å². The van der Waals surface area contributed by atoms with Crippen LogP contribution >= 0.6 is 24.0 Å². The first kappa shape index (κ1) is 7.95. The van der Waals surface area contributed by atoms with E-state index in [0.29, 0.717) is 5.75 Å². The Labute approximate surface area is 80.1 Å². The minimum atomic E-state index is 0.356. The van der Waals surface area contributed by atoms with Crippen molar-refractivity contribution in [1.29, 1.82) is 0 Å². The second kappa shape index (κ2) is 2.68. The smallest absolute Gasteiger partial charge is 0.134 e. The van der Waals surface area contributed by atoms with E-state index < -0.39 is 0 Å². The Morgan fingerprint density at radius 3 is 2.92 bits per heavy atom. The zero-order valence-corrected chi connectivity index (χ0v) is 8.25. The van der Waals surface area contributed by atoms with E-state index in [0.717, 1.165) is 15.0 Å². The molecule has 0 bridgehead atoms. The number of fused-ring (bicyclic) bond motifs is 1. The molecule has 12 heavy (non-hydrogen) atoms. The highest BCUT2D eigenvalue weighted by Gasteiger charge is 2.05. The fourth-order valence-corrected chi connectivity index (χ4v) is 2.49. The fraction of sp³-hybridized carbons (Fsp3) is 0.111. The minimum absolute atomic E-state index is 0.356. The summed E-state index contributed by atoms with van der Waals surface area (Å²) in [5.41, 5.74) is 1.17. The predicted molar refractivity (Wildman–Crippen MR) is 55.5 cm³/mol. The van der Waals surface area contributed by atoms with E-state index in [-0.39, 0.29) is 0 Å². The SMILES string of the molecule is Cc1cc(S)cc2c(O)csc12. The van der Waals surface area contributed by atoms with Gasteiger partial charge in [0, 0.05) is 20.4 Å². The first-order valence-corrected chi connectivity index (χ1v) is 4.91. The average Bonchev–Trinajstić information content (AvgIpc) is 2.33. The summed E-state index contributed by atoms with van der Waals surface area (Å²) >= 11 is 5.81. The molecule has 0 amide bonds. The maximum atomic E-state index is 9.44. The third kappa shape index (κ3) is 1.09. The highest BCUT2D eigenvalue weighted by molar-refractivity contribution is 7.80. The van der Waals surface area contributed by atoms with Crippen molar-refractivity contribution in [2.75, 3.05) is 0 Å². The highest BCUT2D eigenvalue weighted by atomic mass is 32.1. The molecule has 1 nitrogen and oxygen atoms in total. The number of aromatic hydroxyl groups is 1. The van der Waals surface area contributed by atoms with Crippen molar-refractivity contribution < 1.29 is 5.11 Å². The number of rotatable bonds is 0. The van der Waals surface area contributed by atoms with Crippen LogP contribution in [0.15, 0.2) is 22.4 Å². The van der Waals surface area contributed by atoms with Gasteiger partial charge in [0.1, 0.15) is 5.75 Å². The van der Waals surface area contributed by atoms with Crippen LogP contribution in [-0.2, 0) is 0 Å². The van der Waals surface area contributed by atoms with Gasteiger partial charge < -0.3 is 5.11 Å². The van der Waals surface area contributed by atoms with Crippen molar-refractivity contribution in [2.45, 2.75) is 11.8 Å². The number of aryl methyl sites for hydroxylation is 1. The van der Waals surface area contributed by atoms with Gasteiger partial charge in [-0.05, 0) is 24.6 Å². The zero-order valence-electron chi connectivity index (χ0n) is 6.53. The van der Waals surface area contributed by atoms with Crippen LogP contribution in [-0.4, -0.2) is 5.11 Å². The molecule has 1 N–H and O–H groups in total. The van der Waals surface area contributed by atoms with Crippen molar-refractivity contribution in [3.8, 4) is 5.75 Å². The molecular formula is C9H8OS2. The van der Waals surface area contributed by atoms with Gasteiger partial charge in [-0.3, -0.25) is 0 Å². The molecule has 62 valence electrons. The number of thiol groups is 1. The largest absolute Gasteiger partial charge is 0.506 e. The van der Waals surface area contributed by atoms with Crippen molar-refractivity contribution in [3.63, 3.8) is 0 Å². The molecule has 2 rings (SSSR count). The normalized spacial score (nSPS) is 10.8. The summed E-state index contributed by atoms with van der Waals surface area (Å²) in [5, 5.41) is 12.1. The van der Waals surface area contributed by atoms with Gasteiger partial charge in [-0.15, -0.1) is 24.0 Å². The van der Waals surface area contributed by atoms with E-state index in [1.54, 1.807) is 16.7 Å². The Balaban J connectivity index is 2.92. The molecule has 0 aliphatic rings. The van der Waals surface area contributed by atoms with Gasteiger partial charge in [0.25, 0.3) is 0 Å². The lowest BCUT2D eigenvalue weighted by molar-refractivity contribution is 0.483. The van der Waals surface area contributed by atoms with Crippen molar-refractivity contribution in [2.24, 2.45) is 0 Å². The van der Waals surface area contributed by atoms with Crippen LogP contribution in [0.2, 0.25) is 0 Å². The van der Waals surface area contributed by atoms with Crippen LogP contribution in [0.3, 0.4) is 0 Å². The van der Waals surface area contributed by atoms with Gasteiger partial charge in [0.05, 0.1) is 0 Å². The number of thiophene rings is 1. The predicted octanol–water partition coefficient (Wildman–Crippen LogP) is 3.20. The lowest BCUT2D eigenvalue weighted by Crippen LogP contribution is -1.73. The van der Waals surface area contributed by atoms with Crippen LogP contribution in [0.5, 0.6) is 5.75 Å². The maximum Gasteiger partial charge on any atom is 0.134 e. The van der Waals surface area contributed by atoms with E-state index in [1.807, 2.05) is 19.1 Å². The molecule has 0 aliphatic heterocycles. The van der Waals surface area contributed by atoms with Crippen LogP contribution in [0, 0.1) is 6.92 Å². The average molecular weight is 196 g/mol. The van der Waals surface area contributed by atoms with E-state index in [1.165, 1.54) is 5.56 Å². The molecule has 0 radical (unpaired) electrons. The lowest BCUT2D eigenvalue weighted by atomic mass is 10.2. The molecule has 1 aromatic heterocycles. The lowest BCUT2D eigenvalue weighted by Gasteiger charge is -1.97. The summed E-state index contributed by atoms with van der Waals surface area (Å²) in [6.07, 6.45) is 0. The Morgan fingerprint density at radius 1 is 1.42 bits per heavy atom. The molecule has 0 saturated carbocycles. The summed E-state index contributed by atoms with van der Waals surface area (Å²) in [4.78, 5) is 0.897. The van der Waals surface area contributed by atoms with E-state index in [9.17, 15) is 5.11 Å². The van der Waals surface area contributed by atoms with E-state index >= 15 is 0 Å². The summed E-state index contributed by atoms with van der Waals surface area (Å²) in [6, 6.07) is 3.89. The molecule has 0 saturated heterocycles. The highest BCUT2D eigenvalue weighted by Crippen LogP contribution is 2.34. The fourth-order valence-electron chi connectivity index (χ4n) is 1.28. The summed E-state index contributed by atoms with van der Waals surface area (Å²) in [5.74, 6) is 0.356. The standard InChI is InChI=1S/C9H8OS2/c1-5-2-6(11)3-7-8(10)4-12-9(5)7/h2-4,10-11H,1H3. The quantitative estimate of drug-likeness (QED) is 0.620. The Morgan fingerprint density at radius 2 is 2.17 bits per heavy atom. The minimum Gasteiger partial charge on any atom is -0.506 e. The maximum absolute atomic E-state index is 9.44. The van der Waals surface area contributed by atoms with Crippen LogP contribution in [0.4, 0.5) is 0 Å². The van der Waals surface area contributed by atoms with Crippen molar-refractivity contribution in [3.05, 3.63) is 23.1 Å². The molecule has 0 atom stereocenters. The van der Waals surface area contributed by atoms with Crippen LogP contribution < -0.4 is 0 Å². The monoisotopic (exact) mass is 196 g/mol. The Hall–Kier alpha value is -0.670. The Bertz CT molecular complexity index is 431. The number of hydrogen-bond acceptors (Lipinski definition) is 3. The van der Waals surface area contributed by atoms with E-state index in [4.69, 9.17) is 0 Å². The molecule has 0 aliphatic carbocycles.